The summed E-state index contributed by atoms with van der Waals surface area (Å²) >= 11 is 0. The van der Waals surface area contributed by atoms with Gasteiger partial charge in [0, 0.05) is 12.1 Å². The Bertz CT molecular complexity index is 658. The highest BCUT2D eigenvalue weighted by atomic mass is 19.4. The van der Waals surface area contributed by atoms with Crippen LogP contribution in [0.5, 0.6) is 0 Å². The zero-order valence-electron chi connectivity index (χ0n) is 18.3. The summed E-state index contributed by atoms with van der Waals surface area (Å²) in [5.74, 6) is -1.12. The van der Waals surface area contributed by atoms with Crippen LogP contribution in [-0.2, 0) is 25.3 Å². The van der Waals surface area contributed by atoms with Crippen LogP contribution in [0.15, 0.2) is 0 Å². The molecule has 1 heterocycles. The molecule has 0 unspecified atom stereocenters. The molecule has 1 aromatic heterocycles. The van der Waals surface area contributed by atoms with E-state index in [1.54, 1.807) is 11.9 Å². The van der Waals surface area contributed by atoms with E-state index >= 15 is 0 Å². The van der Waals surface area contributed by atoms with Crippen LogP contribution in [0.2, 0.25) is 0 Å². The van der Waals surface area contributed by atoms with Gasteiger partial charge in [0.2, 0.25) is 5.82 Å². The van der Waals surface area contributed by atoms with E-state index in [2.05, 4.69) is 28.7 Å². The molecule has 0 atom stereocenters. The smallest absolute Gasteiger partial charge is 0.306 e. The van der Waals surface area contributed by atoms with Gasteiger partial charge in [-0.1, -0.05) is 20.8 Å². The summed E-state index contributed by atoms with van der Waals surface area (Å²) in [6, 6.07) is 0. The van der Waals surface area contributed by atoms with Crippen molar-refractivity contribution < 1.29 is 26.3 Å². The molecule has 0 bridgehead atoms. The number of rotatable bonds is 11. The number of nitrogens with zero attached hydrogens (tertiary/aromatic N) is 4. The molecule has 10 heteroatoms. The van der Waals surface area contributed by atoms with E-state index in [1.807, 2.05) is 7.05 Å². The second kappa shape index (κ2) is 11.3. The normalized spacial score (nSPS) is 13.1. The Kier molecular flexibility index (Phi) is 10.00. The summed E-state index contributed by atoms with van der Waals surface area (Å²) < 4.78 is 79.0. The van der Waals surface area contributed by atoms with Gasteiger partial charge in [0.1, 0.15) is 0 Å². The van der Waals surface area contributed by atoms with Crippen molar-refractivity contribution in [2.24, 2.45) is 5.92 Å². The lowest BCUT2D eigenvalue weighted by Gasteiger charge is -2.22. The van der Waals surface area contributed by atoms with Gasteiger partial charge in [0.05, 0.1) is 5.69 Å². The minimum absolute atomic E-state index is 0.0962. The minimum atomic E-state index is -5.04. The van der Waals surface area contributed by atoms with Crippen molar-refractivity contribution >= 4 is 0 Å². The van der Waals surface area contributed by atoms with Gasteiger partial charge in [-0.3, -0.25) is 0 Å². The second-order valence-electron chi connectivity index (χ2n) is 8.10. The van der Waals surface area contributed by atoms with E-state index in [9.17, 15) is 26.3 Å². The molecule has 0 fully saturated rings. The van der Waals surface area contributed by atoms with Crippen molar-refractivity contribution in [3.8, 4) is 0 Å². The number of hydrogen-bond donors (Lipinski definition) is 0. The second-order valence-corrected chi connectivity index (χ2v) is 8.10. The van der Waals surface area contributed by atoms with Crippen LogP contribution in [0.4, 0.5) is 26.3 Å². The molecule has 0 aliphatic heterocycles. The van der Waals surface area contributed by atoms with E-state index in [0.29, 0.717) is 12.5 Å². The first-order valence-electron chi connectivity index (χ1n) is 10.2. The average Bonchev–Trinajstić information content (AvgIpc) is 2.61. The first kappa shape index (κ1) is 26.6. The van der Waals surface area contributed by atoms with E-state index in [-0.39, 0.29) is 24.2 Å². The van der Waals surface area contributed by atoms with Gasteiger partial charge >= 0.3 is 12.4 Å². The third-order valence-electron chi connectivity index (χ3n) is 4.81. The Morgan fingerprint density at radius 3 is 1.87 bits per heavy atom. The highest BCUT2D eigenvalue weighted by molar-refractivity contribution is 5.29. The van der Waals surface area contributed by atoms with Crippen LogP contribution in [0.3, 0.4) is 0 Å². The van der Waals surface area contributed by atoms with Crippen LogP contribution in [0.25, 0.3) is 0 Å². The van der Waals surface area contributed by atoms with E-state index in [4.69, 9.17) is 0 Å². The lowest BCUT2D eigenvalue weighted by atomic mass is 10.1. The Morgan fingerprint density at radius 1 is 0.833 bits per heavy atom. The van der Waals surface area contributed by atoms with Crippen LogP contribution in [0, 0.1) is 5.92 Å². The molecule has 0 aliphatic carbocycles. The SMILES string of the molecule is CCc1c(CN(C)CCCCN(C)CCC(C)C)nc(C(F)(F)F)nc1C(F)(F)F. The summed E-state index contributed by atoms with van der Waals surface area (Å²) in [4.78, 5) is 10.2. The quantitative estimate of drug-likeness (QED) is 0.345. The van der Waals surface area contributed by atoms with Crippen molar-refractivity contribution in [3.05, 3.63) is 22.8 Å². The molecule has 0 saturated heterocycles. The molecule has 1 rings (SSSR count). The molecule has 4 nitrogen and oxygen atoms in total. The molecule has 0 saturated carbocycles. The molecule has 0 aliphatic rings. The first-order chi connectivity index (χ1) is 13.8. The molecule has 0 spiro atoms. The number of halogens is 6. The maximum Gasteiger partial charge on any atom is 0.451 e. The van der Waals surface area contributed by atoms with Crippen molar-refractivity contribution in [1.29, 1.82) is 0 Å². The van der Waals surface area contributed by atoms with E-state index in [0.717, 1.165) is 32.4 Å². The van der Waals surface area contributed by atoms with Crippen LogP contribution in [0.1, 0.15) is 62.8 Å². The zero-order valence-corrected chi connectivity index (χ0v) is 18.3. The van der Waals surface area contributed by atoms with Gasteiger partial charge in [-0.05, 0) is 65.3 Å². The van der Waals surface area contributed by atoms with Crippen LogP contribution in [-0.4, -0.2) is 53.5 Å². The third kappa shape index (κ3) is 8.75. The minimum Gasteiger partial charge on any atom is -0.306 e. The molecule has 0 amide bonds. The first-order valence-corrected chi connectivity index (χ1v) is 10.2. The summed E-state index contributed by atoms with van der Waals surface area (Å²) in [6.45, 7) is 8.12. The highest BCUT2D eigenvalue weighted by Crippen LogP contribution is 2.35. The molecular formula is C20H32F6N4. The van der Waals surface area contributed by atoms with Gasteiger partial charge in [-0.25, -0.2) is 9.97 Å². The van der Waals surface area contributed by atoms with Gasteiger partial charge in [0.15, 0.2) is 5.69 Å². The fourth-order valence-electron chi connectivity index (χ4n) is 3.08. The predicted molar refractivity (Wildman–Crippen MR) is 104 cm³/mol. The van der Waals surface area contributed by atoms with Crippen LogP contribution >= 0.6 is 0 Å². The maximum absolute atomic E-state index is 13.3. The summed E-state index contributed by atoms with van der Waals surface area (Å²) in [5, 5.41) is 0. The van der Waals surface area contributed by atoms with Crippen molar-refractivity contribution in [3.63, 3.8) is 0 Å². The molecule has 0 radical (unpaired) electrons. The van der Waals surface area contributed by atoms with Crippen LogP contribution < -0.4 is 0 Å². The maximum atomic E-state index is 13.3. The number of aromatic nitrogens is 2. The molecule has 174 valence electrons. The summed E-state index contributed by atoms with van der Waals surface area (Å²) in [6.07, 6.45) is -7.33. The topological polar surface area (TPSA) is 32.3 Å². The van der Waals surface area contributed by atoms with Crippen molar-refractivity contribution in [2.75, 3.05) is 33.7 Å². The molecule has 1 aromatic rings. The zero-order chi connectivity index (χ0) is 23.1. The monoisotopic (exact) mass is 442 g/mol. The fraction of sp³-hybridized carbons (Fsp3) is 0.800. The number of unbranched alkanes of at least 4 members (excludes halogenated alkanes) is 1. The van der Waals surface area contributed by atoms with Crippen molar-refractivity contribution in [1.82, 2.24) is 19.8 Å². The Balaban J connectivity index is 2.81. The fourth-order valence-corrected chi connectivity index (χ4v) is 3.08. The lowest BCUT2D eigenvalue weighted by molar-refractivity contribution is -0.153. The molecule has 0 N–H and O–H groups in total. The Hall–Kier alpha value is -1.42. The van der Waals surface area contributed by atoms with Crippen molar-refractivity contribution in [2.45, 2.75) is 65.4 Å². The molecule has 0 aromatic carbocycles. The highest BCUT2D eigenvalue weighted by Gasteiger charge is 2.42. The predicted octanol–water partition coefficient (Wildman–Crippen LogP) is 5.27. The van der Waals surface area contributed by atoms with Gasteiger partial charge < -0.3 is 9.80 Å². The molecule has 30 heavy (non-hydrogen) atoms. The largest absolute Gasteiger partial charge is 0.451 e. The van der Waals surface area contributed by atoms with Gasteiger partial charge in [-0.2, -0.15) is 26.3 Å². The number of hydrogen-bond acceptors (Lipinski definition) is 4. The Labute approximate surface area is 174 Å². The van der Waals surface area contributed by atoms with E-state index in [1.165, 1.54) is 6.92 Å². The average molecular weight is 442 g/mol. The van der Waals surface area contributed by atoms with Gasteiger partial charge in [-0.15, -0.1) is 0 Å². The Morgan fingerprint density at radius 2 is 1.40 bits per heavy atom. The lowest BCUT2D eigenvalue weighted by Crippen LogP contribution is -2.27. The standard InChI is InChI=1S/C20H32F6N4/c1-6-15-16(27-18(20(24,25)26)28-17(15)19(21,22)23)13-30(5)11-8-7-10-29(4)12-9-14(2)3/h14H,6-13H2,1-5H3. The van der Waals surface area contributed by atoms with E-state index < -0.39 is 23.9 Å². The summed E-state index contributed by atoms with van der Waals surface area (Å²) in [7, 11) is 3.71. The van der Waals surface area contributed by atoms with Gasteiger partial charge in [0.25, 0.3) is 0 Å². The summed E-state index contributed by atoms with van der Waals surface area (Å²) in [5.41, 5.74) is -2.00. The molecular weight excluding hydrogens is 410 g/mol. The third-order valence-corrected chi connectivity index (χ3v) is 4.81. The number of alkyl halides is 6.